The lowest BCUT2D eigenvalue weighted by Gasteiger charge is -2.28. The van der Waals surface area contributed by atoms with Crippen LogP contribution in [0.3, 0.4) is 0 Å². The molecule has 0 bridgehead atoms. The minimum absolute atomic E-state index is 0.284. The maximum Gasteiger partial charge on any atom is 0.0538 e. The first kappa shape index (κ1) is 13.3. The fraction of sp³-hybridized carbons (Fsp3) is 0.474. The van der Waals surface area contributed by atoms with E-state index in [4.69, 9.17) is 4.74 Å². The number of rotatable bonds is 5. The monoisotopic (exact) mass is 281 g/mol. The third kappa shape index (κ3) is 2.83. The van der Waals surface area contributed by atoms with Crippen LogP contribution < -0.4 is 5.32 Å². The molecule has 2 aromatic rings. The van der Waals surface area contributed by atoms with Crippen molar-refractivity contribution in [1.82, 2.24) is 5.32 Å². The molecule has 0 amide bonds. The summed E-state index contributed by atoms with van der Waals surface area (Å²) in [5, 5.41) is 6.47. The van der Waals surface area contributed by atoms with Crippen molar-refractivity contribution in [2.24, 2.45) is 5.41 Å². The molecule has 21 heavy (non-hydrogen) atoms. The highest BCUT2D eigenvalue weighted by Gasteiger charge is 2.36. The van der Waals surface area contributed by atoms with Crippen molar-refractivity contribution < 1.29 is 4.74 Å². The Hall–Kier alpha value is -1.38. The minimum Gasteiger partial charge on any atom is -0.381 e. The first-order chi connectivity index (χ1) is 10.3. The Morgan fingerprint density at radius 1 is 1.10 bits per heavy atom. The van der Waals surface area contributed by atoms with Crippen LogP contribution in [-0.4, -0.2) is 25.8 Å². The summed E-state index contributed by atoms with van der Waals surface area (Å²) < 4.78 is 5.76. The molecule has 0 aromatic heterocycles. The van der Waals surface area contributed by atoms with E-state index in [1.165, 1.54) is 35.6 Å². The van der Waals surface area contributed by atoms with Gasteiger partial charge in [0.1, 0.15) is 0 Å². The fourth-order valence-electron chi connectivity index (χ4n) is 3.49. The first-order valence-corrected chi connectivity index (χ1v) is 8.13. The second kappa shape index (κ2) is 5.43. The molecule has 0 spiro atoms. The van der Waals surface area contributed by atoms with Gasteiger partial charge in [-0.05, 0) is 42.0 Å². The number of ether oxygens (including phenoxy) is 1. The third-order valence-electron chi connectivity index (χ3n) is 4.97. The third-order valence-corrected chi connectivity index (χ3v) is 4.97. The Morgan fingerprint density at radius 2 is 1.95 bits per heavy atom. The number of fused-ring (bicyclic) bond motifs is 1. The van der Waals surface area contributed by atoms with E-state index in [0.29, 0.717) is 0 Å². The summed E-state index contributed by atoms with van der Waals surface area (Å²) in [6.07, 6.45) is 5.00. The van der Waals surface area contributed by atoms with Gasteiger partial charge in [0.15, 0.2) is 0 Å². The van der Waals surface area contributed by atoms with E-state index < -0.39 is 0 Å². The molecule has 1 aliphatic carbocycles. The molecular formula is C19H23NO. The second-order valence-corrected chi connectivity index (χ2v) is 6.77. The van der Waals surface area contributed by atoms with Crippen LogP contribution in [0.2, 0.25) is 0 Å². The molecule has 1 saturated carbocycles. The van der Waals surface area contributed by atoms with Gasteiger partial charge in [-0.15, -0.1) is 0 Å². The van der Waals surface area contributed by atoms with Gasteiger partial charge in [0.05, 0.1) is 6.61 Å². The summed E-state index contributed by atoms with van der Waals surface area (Å²) in [5.41, 5.74) is 1.75. The summed E-state index contributed by atoms with van der Waals surface area (Å²) in [7, 11) is 0. The van der Waals surface area contributed by atoms with E-state index in [1.807, 2.05) is 0 Å². The van der Waals surface area contributed by atoms with Crippen molar-refractivity contribution in [3.05, 3.63) is 48.0 Å². The molecule has 1 saturated heterocycles. The molecule has 110 valence electrons. The van der Waals surface area contributed by atoms with Crippen molar-refractivity contribution >= 4 is 10.8 Å². The Labute approximate surface area is 126 Å². The minimum atomic E-state index is 0.284. The van der Waals surface area contributed by atoms with Crippen LogP contribution in [0.1, 0.15) is 24.8 Å². The number of nitrogens with one attached hydrogen (secondary N) is 1. The molecule has 2 fully saturated rings. The highest BCUT2D eigenvalue weighted by atomic mass is 16.5. The summed E-state index contributed by atoms with van der Waals surface area (Å²) in [5.74, 6) is 0. The summed E-state index contributed by atoms with van der Waals surface area (Å²) in [6.45, 7) is 2.91. The van der Waals surface area contributed by atoms with Gasteiger partial charge in [-0.3, -0.25) is 0 Å². The maximum atomic E-state index is 5.76. The summed E-state index contributed by atoms with van der Waals surface area (Å²) in [4.78, 5) is 0. The van der Waals surface area contributed by atoms with Crippen molar-refractivity contribution in [2.45, 2.75) is 31.7 Å². The molecule has 1 N–H and O–H groups in total. The molecule has 2 nitrogen and oxygen atoms in total. The normalized spacial score (nSPS) is 25.5. The quantitative estimate of drug-likeness (QED) is 0.905. The predicted molar refractivity (Wildman–Crippen MR) is 86.5 cm³/mol. The zero-order chi connectivity index (χ0) is 14.1. The second-order valence-electron chi connectivity index (χ2n) is 6.77. The number of benzene rings is 2. The van der Waals surface area contributed by atoms with Gasteiger partial charge in [0.2, 0.25) is 0 Å². The Morgan fingerprint density at radius 3 is 2.76 bits per heavy atom. The highest BCUT2D eigenvalue weighted by Crippen LogP contribution is 2.35. The molecule has 1 atom stereocenters. The van der Waals surface area contributed by atoms with Crippen molar-refractivity contribution in [1.29, 1.82) is 0 Å². The van der Waals surface area contributed by atoms with Crippen molar-refractivity contribution in [2.75, 3.05) is 19.8 Å². The molecular weight excluding hydrogens is 258 g/mol. The van der Waals surface area contributed by atoms with Crippen LogP contribution in [0.25, 0.3) is 10.8 Å². The van der Waals surface area contributed by atoms with Crippen LogP contribution in [-0.2, 0) is 11.2 Å². The molecule has 2 aliphatic rings. The lowest BCUT2D eigenvalue weighted by molar-refractivity contribution is 0.149. The summed E-state index contributed by atoms with van der Waals surface area (Å²) in [6, 6.07) is 16.2. The smallest absolute Gasteiger partial charge is 0.0538 e. The van der Waals surface area contributed by atoms with Gasteiger partial charge in [-0.25, -0.2) is 0 Å². The number of hydrogen-bond acceptors (Lipinski definition) is 2. The van der Waals surface area contributed by atoms with E-state index in [-0.39, 0.29) is 5.41 Å². The summed E-state index contributed by atoms with van der Waals surface area (Å²) >= 11 is 0. The number of hydrogen-bond donors (Lipinski definition) is 1. The molecule has 2 aromatic carbocycles. The van der Waals surface area contributed by atoms with Gasteiger partial charge in [0, 0.05) is 24.6 Å². The van der Waals surface area contributed by atoms with Crippen LogP contribution in [0, 0.1) is 5.41 Å². The molecule has 1 aliphatic heterocycles. The SMILES string of the molecule is c1ccc2c(CC3(CNC4CC4)CCOC3)cccc2c1. The Balaban J connectivity index is 1.61. The van der Waals surface area contributed by atoms with Crippen molar-refractivity contribution in [3.63, 3.8) is 0 Å². The Kier molecular flexibility index (Phi) is 3.44. The maximum absolute atomic E-state index is 5.76. The van der Waals surface area contributed by atoms with Crippen LogP contribution in [0.15, 0.2) is 42.5 Å². The molecule has 0 radical (unpaired) electrons. The lowest BCUT2D eigenvalue weighted by Crippen LogP contribution is -2.37. The highest BCUT2D eigenvalue weighted by molar-refractivity contribution is 5.85. The van der Waals surface area contributed by atoms with Crippen LogP contribution >= 0.6 is 0 Å². The van der Waals surface area contributed by atoms with Gasteiger partial charge in [0.25, 0.3) is 0 Å². The average Bonchev–Trinajstić information content (AvgIpc) is 3.25. The largest absolute Gasteiger partial charge is 0.381 e. The van der Waals surface area contributed by atoms with Crippen LogP contribution in [0.5, 0.6) is 0 Å². The molecule has 1 unspecified atom stereocenters. The van der Waals surface area contributed by atoms with Crippen molar-refractivity contribution in [3.8, 4) is 0 Å². The van der Waals surface area contributed by atoms with Crippen LogP contribution in [0.4, 0.5) is 0 Å². The molecule has 4 rings (SSSR count). The molecule has 1 heterocycles. The van der Waals surface area contributed by atoms with E-state index in [0.717, 1.165) is 32.2 Å². The fourth-order valence-corrected chi connectivity index (χ4v) is 3.49. The Bertz CT molecular complexity index is 621. The zero-order valence-electron chi connectivity index (χ0n) is 12.5. The lowest BCUT2D eigenvalue weighted by atomic mass is 9.79. The predicted octanol–water partition coefficient (Wildman–Crippen LogP) is 3.54. The first-order valence-electron chi connectivity index (χ1n) is 8.13. The topological polar surface area (TPSA) is 21.3 Å². The molecule has 2 heteroatoms. The van der Waals surface area contributed by atoms with Gasteiger partial charge in [-0.2, -0.15) is 0 Å². The zero-order valence-corrected chi connectivity index (χ0v) is 12.5. The van der Waals surface area contributed by atoms with E-state index in [2.05, 4.69) is 47.8 Å². The standard InChI is InChI=1S/C19H23NO/c1-2-7-18-15(4-1)5-3-6-16(18)12-19(10-11-21-14-19)13-20-17-8-9-17/h1-7,17,20H,8-14H2. The van der Waals surface area contributed by atoms with Gasteiger partial charge in [-0.1, -0.05) is 42.5 Å². The average molecular weight is 281 g/mol. The van der Waals surface area contributed by atoms with Gasteiger partial charge < -0.3 is 10.1 Å². The van der Waals surface area contributed by atoms with E-state index in [1.54, 1.807) is 0 Å². The van der Waals surface area contributed by atoms with Gasteiger partial charge >= 0.3 is 0 Å². The van der Waals surface area contributed by atoms with E-state index >= 15 is 0 Å². The van der Waals surface area contributed by atoms with E-state index in [9.17, 15) is 0 Å².